The molecule has 2 aliphatic rings. The zero-order valence-electron chi connectivity index (χ0n) is 45.5. The van der Waals surface area contributed by atoms with Crippen molar-refractivity contribution in [2.75, 3.05) is 63.2 Å². The topological polar surface area (TPSA) is 227 Å². The first-order valence-corrected chi connectivity index (χ1v) is 29.0. The number of hydrogen-bond acceptors (Lipinski definition) is 16. The number of nitrogens with one attached hydrogen (secondary N) is 4. The van der Waals surface area contributed by atoms with E-state index in [0.717, 1.165) is 59.7 Å². The van der Waals surface area contributed by atoms with Crippen LogP contribution in [-0.2, 0) is 40.2 Å². The molecule has 0 spiro atoms. The Hall–Kier alpha value is -5.74. The van der Waals surface area contributed by atoms with E-state index in [1.54, 1.807) is 49.4 Å². The van der Waals surface area contributed by atoms with Crippen LogP contribution in [0.15, 0.2) is 77.3 Å². The maximum Gasteiger partial charge on any atom is 0.246 e. The highest BCUT2D eigenvalue weighted by Crippen LogP contribution is 2.39. The Balaban J connectivity index is 0.838. The molecule has 7 rings (SSSR count). The molecule has 3 atom stereocenters. The molecule has 2 fully saturated rings. The van der Waals surface area contributed by atoms with Gasteiger partial charge in [-0.2, -0.15) is 4.98 Å². The van der Waals surface area contributed by atoms with Crippen molar-refractivity contribution in [1.29, 1.82) is 0 Å². The van der Waals surface area contributed by atoms with E-state index in [-0.39, 0.29) is 73.0 Å². The van der Waals surface area contributed by atoms with E-state index in [4.69, 9.17) is 25.8 Å². The van der Waals surface area contributed by atoms with Gasteiger partial charge in [0, 0.05) is 26.1 Å². The van der Waals surface area contributed by atoms with Gasteiger partial charge in [0.25, 0.3) is 0 Å². The van der Waals surface area contributed by atoms with Gasteiger partial charge < -0.3 is 50.4 Å². The molecule has 18 nitrogen and oxygen atoms in total. The van der Waals surface area contributed by atoms with E-state index in [9.17, 15) is 27.9 Å². The highest BCUT2D eigenvalue weighted by molar-refractivity contribution is 7.92. The lowest BCUT2D eigenvalue weighted by molar-refractivity contribution is -0.144. The van der Waals surface area contributed by atoms with E-state index >= 15 is 0 Å². The van der Waals surface area contributed by atoms with E-state index in [0.29, 0.717) is 29.6 Å². The highest BCUT2D eigenvalue weighted by Gasteiger charge is 2.44. The summed E-state index contributed by atoms with van der Waals surface area (Å²) in [5, 5.41) is 22.4. The van der Waals surface area contributed by atoms with Crippen LogP contribution in [0.5, 0.6) is 5.75 Å². The predicted molar refractivity (Wildman–Crippen MR) is 301 cm³/mol. The Bertz CT molecular complexity index is 2940. The number of carbonyl (C=O) groups excluding carboxylic acids is 3. The van der Waals surface area contributed by atoms with Gasteiger partial charge in [-0.05, 0) is 125 Å². The van der Waals surface area contributed by atoms with Gasteiger partial charge in [-0.1, -0.05) is 68.8 Å². The van der Waals surface area contributed by atoms with E-state index < -0.39 is 50.5 Å². The predicted octanol–water partition coefficient (Wildman–Crippen LogP) is 8.35. The Morgan fingerprint density at radius 1 is 0.922 bits per heavy atom. The third kappa shape index (κ3) is 15.5. The van der Waals surface area contributed by atoms with Gasteiger partial charge in [0.05, 0.1) is 75.8 Å². The first-order chi connectivity index (χ1) is 36.6. The van der Waals surface area contributed by atoms with Crippen molar-refractivity contribution in [3.63, 3.8) is 0 Å². The number of thiazole rings is 1. The molecule has 5 N–H and O–H groups in total. The summed E-state index contributed by atoms with van der Waals surface area (Å²) in [5.74, 6) is 0.197. The van der Waals surface area contributed by atoms with Crippen molar-refractivity contribution in [3.05, 3.63) is 99.8 Å². The lowest BCUT2D eigenvalue weighted by Crippen LogP contribution is -2.58. The molecule has 0 saturated carbocycles. The van der Waals surface area contributed by atoms with Crippen molar-refractivity contribution in [2.45, 2.75) is 128 Å². The molecule has 3 aromatic carbocycles. The van der Waals surface area contributed by atoms with Crippen LogP contribution >= 0.6 is 22.9 Å². The number of ether oxygens (including phenoxy) is 3. The Kier molecular flexibility index (Phi) is 20.1. The smallest absolute Gasteiger partial charge is 0.246 e. The molecule has 3 amide bonds. The van der Waals surface area contributed by atoms with Crippen LogP contribution in [-0.4, -0.2) is 138 Å². The van der Waals surface area contributed by atoms with E-state index in [1.165, 1.54) is 16.7 Å². The number of rotatable bonds is 23. The lowest BCUT2D eigenvalue weighted by Gasteiger charge is -2.35. The Morgan fingerprint density at radius 2 is 1.64 bits per heavy atom. The number of aryl methyl sites for hydroxylation is 2. The van der Waals surface area contributed by atoms with Crippen molar-refractivity contribution in [2.24, 2.45) is 5.41 Å². The summed E-state index contributed by atoms with van der Waals surface area (Å²) in [5.41, 5.74) is 7.36. The number of benzene rings is 3. The summed E-state index contributed by atoms with van der Waals surface area (Å²) >= 11 is 8.10. The number of halogens is 1. The zero-order valence-corrected chi connectivity index (χ0v) is 47.9. The van der Waals surface area contributed by atoms with Crippen molar-refractivity contribution in [1.82, 2.24) is 35.4 Å². The van der Waals surface area contributed by atoms with E-state index in [2.05, 4.69) is 54.1 Å². The minimum absolute atomic E-state index is 0.0190. The van der Waals surface area contributed by atoms with Crippen LogP contribution in [0.2, 0.25) is 5.02 Å². The average Bonchev–Trinajstić information content (AvgIpc) is 4.01. The van der Waals surface area contributed by atoms with Gasteiger partial charge >= 0.3 is 0 Å². The van der Waals surface area contributed by atoms with Gasteiger partial charge in [-0.3, -0.25) is 14.4 Å². The van der Waals surface area contributed by atoms with Crippen LogP contribution in [0, 0.1) is 19.3 Å². The number of anilines is 4. The maximum absolute atomic E-state index is 14.1. The number of amides is 3. The second kappa shape index (κ2) is 26.3. The summed E-state index contributed by atoms with van der Waals surface area (Å²) in [4.78, 5) is 59.1. The molecule has 77 heavy (non-hydrogen) atoms. The van der Waals surface area contributed by atoms with Crippen LogP contribution in [0.4, 0.5) is 23.1 Å². The molecule has 2 saturated heterocycles. The number of piperidine rings is 1. The molecule has 0 aliphatic carbocycles. The molecular weight excluding hydrogens is 1040 g/mol. The van der Waals surface area contributed by atoms with Crippen LogP contribution in [0.1, 0.15) is 96.0 Å². The van der Waals surface area contributed by atoms with Gasteiger partial charge in [0.1, 0.15) is 29.5 Å². The van der Waals surface area contributed by atoms with Gasteiger partial charge in [-0.25, -0.2) is 18.4 Å². The molecule has 2 aliphatic heterocycles. The second-order valence-electron chi connectivity index (χ2n) is 21.3. The molecule has 416 valence electrons. The maximum atomic E-state index is 14.1. The number of nitrogens with zero attached hydrogens (tertiary/aromatic N) is 5. The number of likely N-dealkylation sites (tertiary alicyclic amines) is 2. The molecule has 21 heteroatoms. The molecule has 0 bridgehead atoms. The van der Waals surface area contributed by atoms with Crippen LogP contribution in [0.3, 0.4) is 0 Å². The number of sulfone groups is 1. The zero-order chi connectivity index (χ0) is 55.6. The van der Waals surface area contributed by atoms with Gasteiger partial charge in [0.2, 0.25) is 23.7 Å². The quantitative estimate of drug-likeness (QED) is 0.0388. The third-order valence-electron chi connectivity index (χ3n) is 13.7. The highest BCUT2D eigenvalue weighted by atomic mass is 35.5. The fourth-order valence-corrected chi connectivity index (χ4v) is 11.6. The monoisotopic (exact) mass is 1120 g/mol. The standard InChI is InChI=1S/C56H74ClN9O9S2/c1-34(2)75-47-28-42(36(5)26-45(47)62-55-59-30-43(57)52(64-55)61-44-12-10-11-13-48(44)77(71,72)35(3)4)39-18-20-65(21-19-39)22-23-73-24-25-74-32-49(68)63-51(56(7,8)9)54(70)66-31-41(67)27-46(66)53(69)58-29-38-14-16-40(17-15-38)50-37(6)60-33-76-50/h10-17,26,28,30,33-35,39,41,46,51,67H,18-25,27,29,31-32H2,1-9H3,(H,58,69)(H,63,68)(H2,59,61,62,64)/t41-,46+,51?/m1/s1. The fraction of sp³-hybridized carbons (Fsp3) is 0.500. The first kappa shape index (κ1) is 58.9. The number of hydrogen-bond donors (Lipinski definition) is 5. The van der Waals surface area contributed by atoms with Gasteiger partial charge in [-0.15, -0.1) is 11.3 Å². The second-order valence-corrected chi connectivity index (χ2v) is 25.1. The SMILES string of the molecule is Cc1cc(Nc2ncc(Cl)c(Nc3ccccc3S(=O)(=O)C(C)C)n2)c(OC(C)C)cc1C1CCN(CCOCCOCC(=O)NC(C(=O)N2C[C@H](O)C[C@H]2C(=O)NCc2ccc(-c3scnc3C)cc2)C(C)(C)C)CC1. The fourth-order valence-electron chi connectivity index (χ4n) is 9.46. The van der Waals surface area contributed by atoms with Crippen molar-refractivity contribution < 1.29 is 42.1 Å². The van der Waals surface area contributed by atoms with Crippen molar-refractivity contribution >= 4 is 73.6 Å². The third-order valence-corrected chi connectivity index (χ3v) is 17.1. The average molecular weight is 1120 g/mol. The van der Waals surface area contributed by atoms with Crippen LogP contribution in [0.25, 0.3) is 10.4 Å². The summed E-state index contributed by atoms with van der Waals surface area (Å²) in [6, 6.07) is 16.8. The van der Waals surface area contributed by atoms with Gasteiger partial charge in [0.15, 0.2) is 15.7 Å². The number of aliphatic hydroxyl groups is 1. The number of β-amino-alcohol motifs (C(OH)–C–C–N with tert-alkyl or cyclic N) is 1. The summed E-state index contributed by atoms with van der Waals surface area (Å²) in [6.45, 7) is 20.2. The summed E-state index contributed by atoms with van der Waals surface area (Å²) < 4.78 is 44.2. The first-order valence-electron chi connectivity index (χ1n) is 26.2. The Morgan fingerprint density at radius 3 is 2.31 bits per heavy atom. The molecule has 2 aromatic heterocycles. The largest absolute Gasteiger partial charge is 0.489 e. The summed E-state index contributed by atoms with van der Waals surface area (Å²) in [6.07, 6.45) is 2.47. The molecule has 1 unspecified atom stereocenters. The molecule has 5 aromatic rings. The molecule has 4 heterocycles. The number of para-hydroxylation sites is 1. The number of aromatic nitrogens is 3. The lowest BCUT2D eigenvalue weighted by atomic mass is 9.85. The molecule has 0 radical (unpaired) electrons. The summed E-state index contributed by atoms with van der Waals surface area (Å²) in [7, 11) is -3.59. The minimum Gasteiger partial charge on any atom is -0.489 e. The normalized spacial score (nSPS) is 16.9. The molecular formula is C56H74ClN9O9S2. The minimum atomic E-state index is -3.59. The number of carbonyl (C=O) groups is 3. The number of aliphatic hydroxyl groups excluding tert-OH is 1. The Labute approximate surface area is 462 Å². The van der Waals surface area contributed by atoms with E-state index in [1.807, 2.05) is 77.4 Å². The van der Waals surface area contributed by atoms with Crippen molar-refractivity contribution in [3.8, 4) is 16.2 Å². The van der Waals surface area contributed by atoms with Crippen LogP contribution < -0.4 is 26.0 Å².